The highest BCUT2D eigenvalue weighted by molar-refractivity contribution is 7.47. The molecule has 0 aliphatic rings. The van der Waals surface area contributed by atoms with E-state index < -0.39 is 97.5 Å². The Kier molecular flexibility index (Phi) is 72.5. The van der Waals surface area contributed by atoms with Crippen molar-refractivity contribution in [3.63, 3.8) is 0 Å². The Labute approximate surface area is 638 Å². The van der Waals surface area contributed by atoms with E-state index in [0.717, 1.165) is 120 Å². The second kappa shape index (κ2) is 73.8. The number of aliphatic hydroxyl groups excluding tert-OH is 1. The van der Waals surface area contributed by atoms with E-state index in [9.17, 15) is 43.2 Å². The van der Waals surface area contributed by atoms with Crippen molar-refractivity contribution >= 4 is 39.5 Å². The first-order chi connectivity index (χ1) is 50.2. The minimum absolute atomic E-state index is 0.106. The molecule has 618 valence electrons. The second-order valence-electron chi connectivity index (χ2n) is 32.0. The van der Waals surface area contributed by atoms with Gasteiger partial charge in [0.15, 0.2) is 12.2 Å². The minimum Gasteiger partial charge on any atom is -0.462 e. The number of hydrogen-bond acceptors (Lipinski definition) is 15. The molecule has 0 heterocycles. The van der Waals surface area contributed by atoms with Crippen LogP contribution in [0, 0.1) is 23.7 Å². The number of esters is 4. The molecule has 0 fully saturated rings. The van der Waals surface area contributed by atoms with Crippen molar-refractivity contribution in [3.05, 3.63) is 0 Å². The van der Waals surface area contributed by atoms with Crippen LogP contribution >= 0.6 is 15.6 Å². The number of unbranched alkanes of at least 4 members (excludes halogenated alkanes) is 46. The third kappa shape index (κ3) is 75.5. The lowest BCUT2D eigenvalue weighted by Crippen LogP contribution is -2.30. The number of carbonyl (C=O) groups excluding carboxylic acids is 4. The van der Waals surface area contributed by atoms with Crippen LogP contribution in [-0.2, 0) is 65.4 Å². The molecule has 0 saturated heterocycles. The van der Waals surface area contributed by atoms with E-state index in [4.69, 9.17) is 37.0 Å². The summed E-state index contributed by atoms with van der Waals surface area (Å²) in [5, 5.41) is 10.7. The number of carbonyl (C=O) groups is 4. The lowest BCUT2D eigenvalue weighted by atomic mass is 9.99. The third-order valence-corrected chi connectivity index (χ3v) is 22.4. The van der Waals surface area contributed by atoms with Gasteiger partial charge >= 0.3 is 39.5 Å². The zero-order valence-corrected chi connectivity index (χ0v) is 70.5. The first-order valence-corrected chi connectivity index (χ1v) is 46.8. The normalized spacial score (nSPS) is 14.5. The largest absolute Gasteiger partial charge is 0.472 e. The molecule has 0 radical (unpaired) electrons. The molecule has 3 N–H and O–H groups in total. The fraction of sp³-hybridized carbons (Fsp3) is 0.953. The highest BCUT2D eigenvalue weighted by atomic mass is 31.2. The average Bonchev–Trinajstić information content (AvgIpc) is 0.904. The molecule has 104 heavy (non-hydrogen) atoms. The van der Waals surface area contributed by atoms with E-state index in [-0.39, 0.29) is 25.7 Å². The van der Waals surface area contributed by atoms with Gasteiger partial charge in [0, 0.05) is 25.7 Å². The number of rotatable bonds is 82. The summed E-state index contributed by atoms with van der Waals surface area (Å²) in [5.74, 6) is 1.06. The van der Waals surface area contributed by atoms with Crippen molar-refractivity contribution < 1.29 is 80.2 Å². The first kappa shape index (κ1) is 102. The Morgan fingerprint density at radius 2 is 0.462 bits per heavy atom. The Morgan fingerprint density at radius 3 is 0.683 bits per heavy atom. The SMILES string of the molecule is CCC(C)CCCCCCCCCCCCC(=O)O[C@H](COC(=O)CCCCCCCCCCCCCCCCCCCCC(C)C)COP(=O)(O)OC[C@@H](O)COP(=O)(O)OC[C@@H](COC(=O)CCCCCCCCC(C)CC)OC(=O)CCCCCCCCCCCCCCCCCCC(C)C. The lowest BCUT2D eigenvalue weighted by Gasteiger charge is -2.21. The standard InChI is InChI=1S/C85H166O17P2/c1-9-77(7)63-55-47-39-33-29-30-36-42-52-60-68-85(90)101-80(71-95-82(87)65-57-49-40-34-27-23-19-14-12-11-13-17-21-25-31-37-45-53-61-75(3)4)73-99-103(91,92)97-69-79(86)70-98-104(93,94)100-74-81(72-96-83(88)66-58-50-44-43-48-56-64-78(8)10-2)102-84(89)67-59-51-41-35-28-24-20-16-15-18-22-26-32-38-46-54-62-76(5)6/h75-81,86H,9-74H2,1-8H3,(H,91,92)(H,93,94)/t77?,78?,79-,80-,81-/m1/s1. The summed E-state index contributed by atoms with van der Waals surface area (Å²) in [7, 11) is -9.93. The summed E-state index contributed by atoms with van der Waals surface area (Å²) in [6.45, 7) is 14.3. The van der Waals surface area contributed by atoms with Gasteiger partial charge in [-0.2, -0.15) is 0 Å². The van der Waals surface area contributed by atoms with E-state index >= 15 is 0 Å². The number of hydrogen-bond donors (Lipinski definition) is 3. The molecule has 0 aromatic rings. The van der Waals surface area contributed by atoms with Gasteiger partial charge < -0.3 is 33.8 Å². The fourth-order valence-electron chi connectivity index (χ4n) is 13.1. The number of aliphatic hydroxyl groups is 1. The van der Waals surface area contributed by atoms with E-state index in [1.54, 1.807) is 0 Å². The van der Waals surface area contributed by atoms with Crippen LogP contribution in [0.2, 0.25) is 0 Å². The monoisotopic (exact) mass is 1520 g/mol. The second-order valence-corrected chi connectivity index (χ2v) is 34.9. The summed E-state index contributed by atoms with van der Waals surface area (Å²) < 4.78 is 68.8. The number of phosphoric ester groups is 2. The molecule has 0 aliphatic heterocycles. The smallest absolute Gasteiger partial charge is 0.462 e. The predicted molar refractivity (Wildman–Crippen MR) is 428 cm³/mol. The molecular weight excluding hydrogens is 1350 g/mol. The van der Waals surface area contributed by atoms with E-state index in [1.807, 2.05) is 0 Å². The van der Waals surface area contributed by atoms with Gasteiger partial charge in [-0.05, 0) is 49.4 Å². The highest BCUT2D eigenvalue weighted by Gasteiger charge is 2.30. The predicted octanol–water partition coefficient (Wildman–Crippen LogP) is 25.6. The Hall–Kier alpha value is -1.94. The van der Waals surface area contributed by atoms with Crippen molar-refractivity contribution in [1.82, 2.24) is 0 Å². The average molecular weight is 1520 g/mol. The quantitative estimate of drug-likeness (QED) is 0.0222. The van der Waals surface area contributed by atoms with Gasteiger partial charge in [-0.25, -0.2) is 9.13 Å². The van der Waals surface area contributed by atoms with Gasteiger partial charge in [0.1, 0.15) is 19.3 Å². The van der Waals surface area contributed by atoms with Gasteiger partial charge in [-0.1, -0.05) is 389 Å². The molecule has 0 rings (SSSR count). The fourth-order valence-corrected chi connectivity index (χ4v) is 14.7. The van der Waals surface area contributed by atoms with E-state index in [0.29, 0.717) is 25.7 Å². The molecule has 7 atom stereocenters. The molecule has 0 bridgehead atoms. The Bertz CT molecular complexity index is 2030. The molecule has 0 saturated carbocycles. The van der Waals surface area contributed by atoms with Crippen LogP contribution in [-0.4, -0.2) is 96.7 Å². The van der Waals surface area contributed by atoms with Crippen LogP contribution in [0.25, 0.3) is 0 Å². The molecule has 4 unspecified atom stereocenters. The van der Waals surface area contributed by atoms with E-state index in [2.05, 4.69) is 55.4 Å². The molecular formula is C85H166O17P2. The van der Waals surface area contributed by atoms with Gasteiger partial charge in [-0.3, -0.25) is 37.3 Å². The third-order valence-electron chi connectivity index (χ3n) is 20.5. The van der Waals surface area contributed by atoms with Gasteiger partial charge in [0.05, 0.1) is 26.4 Å². The van der Waals surface area contributed by atoms with Gasteiger partial charge in [-0.15, -0.1) is 0 Å². The highest BCUT2D eigenvalue weighted by Crippen LogP contribution is 2.45. The first-order valence-electron chi connectivity index (χ1n) is 43.8. The van der Waals surface area contributed by atoms with E-state index in [1.165, 1.54) is 238 Å². The van der Waals surface area contributed by atoms with Crippen LogP contribution in [0.1, 0.15) is 441 Å². The molecule has 19 heteroatoms. The topological polar surface area (TPSA) is 237 Å². The Morgan fingerprint density at radius 1 is 0.269 bits per heavy atom. The van der Waals surface area contributed by atoms with Crippen molar-refractivity contribution in [3.8, 4) is 0 Å². The zero-order valence-electron chi connectivity index (χ0n) is 68.7. The van der Waals surface area contributed by atoms with Crippen LogP contribution in [0.15, 0.2) is 0 Å². The lowest BCUT2D eigenvalue weighted by molar-refractivity contribution is -0.161. The minimum atomic E-state index is -4.96. The van der Waals surface area contributed by atoms with Crippen molar-refractivity contribution in [2.45, 2.75) is 459 Å². The van der Waals surface area contributed by atoms with Gasteiger partial charge in [0.25, 0.3) is 0 Å². The summed E-state index contributed by atoms with van der Waals surface area (Å²) in [5.41, 5.74) is 0. The number of ether oxygens (including phenoxy) is 4. The van der Waals surface area contributed by atoms with Crippen LogP contribution in [0.4, 0.5) is 0 Å². The van der Waals surface area contributed by atoms with Crippen LogP contribution in [0.3, 0.4) is 0 Å². The van der Waals surface area contributed by atoms with Crippen molar-refractivity contribution in [2.24, 2.45) is 23.7 Å². The molecule has 0 spiro atoms. The van der Waals surface area contributed by atoms with Crippen LogP contribution < -0.4 is 0 Å². The van der Waals surface area contributed by atoms with Gasteiger partial charge in [0.2, 0.25) is 0 Å². The maximum absolute atomic E-state index is 13.1. The Balaban J connectivity index is 5.20. The summed E-state index contributed by atoms with van der Waals surface area (Å²) in [4.78, 5) is 73.2. The summed E-state index contributed by atoms with van der Waals surface area (Å²) >= 11 is 0. The molecule has 17 nitrogen and oxygen atoms in total. The maximum atomic E-state index is 13.1. The molecule has 0 aromatic carbocycles. The van der Waals surface area contributed by atoms with Crippen LogP contribution in [0.5, 0.6) is 0 Å². The molecule has 0 aliphatic carbocycles. The maximum Gasteiger partial charge on any atom is 0.472 e. The van der Waals surface area contributed by atoms with Crippen molar-refractivity contribution in [2.75, 3.05) is 39.6 Å². The number of phosphoric acid groups is 2. The summed E-state index contributed by atoms with van der Waals surface area (Å²) in [6, 6.07) is 0. The molecule has 0 amide bonds. The van der Waals surface area contributed by atoms with Crippen molar-refractivity contribution in [1.29, 1.82) is 0 Å². The molecule has 0 aromatic heterocycles. The summed E-state index contributed by atoms with van der Waals surface area (Å²) in [6.07, 6.45) is 62.5. The zero-order chi connectivity index (χ0) is 76.7.